The highest BCUT2D eigenvalue weighted by atomic mass is 14.3. The molecule has 0 N–H and O–H groups in total. The fraction of sp³-hybridized carbons (Fsp3) is 1.00. The molecule has 1 aliphatic carbocycles. The summed E-state index contributed by atoms with van der Waals surface area (Å²) in [5.41, 5.74) is 0. The lowest BCUT2D eigenvalue weighted by atomic mass is 10.0. The third kappa shape index (κ3) is 1.04. The molecule has 0 heterocycles. The van der Waals surface area contributed by atoms with Gasteiger partial charge in [-0.3, -0.25) is 0 Å². The maximum absolute atomic E-state index is 2.37. The molecule has 1 saturated carbocycles. The van der Waals surface area contributed by atoms with E-state index in [9.17, 15) is 0 Å². The summed E-state index contributed by atoms with van der Waals surface area (Å²) in [5.74, 6) is 2.98. The SMILES string of the molecule is CC1C[C@@H](C)[C@H](C)C1. The average molecular weight is 112 g/mol. The van der Waals surface area contributed by atoms with Crippen LogP contribution in [0.1, 0.15) is 33.6 Å². The molecule has 0 spiro atoms. The quantitative estimate of drug-likeness (QED) is 0.452. The second kappa shape index (κ2) is 2.08. The topological polar surface area (TPSA) is 0 Å². The molecule has 0 radical (unpaired) electrons. The molecule has 0 aromatic carbocycles. The lowest BCUT2D eigenvalue weighted by molar-refractivity contribution is 0.457. The van der Waals surface area contributed by atoms with Gasteiger partial charge in [-0.1, -0.05) is 20.8 Å². The zero-order valence-corrected chi connectivity index (χ0v) is 6.15. The van der Waals surface area contributed by atoms with Crippen molar-refractivity contribution in [2.75, 3.05) is 0 Å². The minimum absolute atomic E-state index is 0.991. The van der Waals surface area contributed by atoms with Gasteiger partial charge in [0, 0.05) is 0 Å². The molecule has 0 saturated heterocycles. The first-order chi connectivity index (χ1) is 3.70. The third-order valence-corrected chi connectivity index (χ3v) is 2.52. The highest BCUT2D eigenvalue weighted by molar-refractivity contribution is 4.74. The molecule has 1 rings (SSSR count). The van der Waals surface area contributed by atoms with E-state index in [1.807, 2.05) is 0 Å². The number of rotatable bonds is 0. The average Bonchev–Trinajstić information content (AvgIpc) is 1.85. The predicted molar refractivity (Wildman–Crippen MR) is 36.7 cm³/mol. The molecule has 0 nitrogen and oxygen atoms in total. The maximum Gasteiger partial charge on any atom is -0.0414 e. The van der Waals surface area contributed by atoms with E-state index >= 15 is 0 Å². The monoisotopic (exact) mass is 112 g/mol. The second-order valence-corrected chi connectivity index (χ2v) is 3.53. The third-order valence-electron chi connectivity index (χ3n) is 2.52. The van der Waals surface area contributed by atoms with Crippen LogP contribution in [0, 0.1) is 17.8 Å². The van der Waals surface area contributed by atoms with Gasteiger partial charge in [0.2, 0.25) is 0 Å². The Labute approximate surface area is 52.3 Å². The second-order valence-electron chi connectivity index (χ2n) is 3.53. The predicted octanol–water partition coefficient (Wildman–Crippen LogP) is 2.69. The lowest BCUT2D eigenvalue weighted by Crippen LogP contribution is -1.95. The molecule has 48 valence electrons. The van der Waals surface area contributed by atoms with Crippen LogP contribution >= 0.6 is 0 Å². The first kappa shape index (κ1) is 6.12. The Balaban J connectivity index is 2.39. The van der Waals surface area contributed by atoms with E-state index in [1.54, 1.807) is 0 Å². The van der Waals surface area contributed by atoms with E-state index in [0.717, 1.165) is 17.8 Å². The normalized spacial score (nSPS) is 40.9. The van der Waals surface area contributed by atoms with Crippen LogP contribution in [0.25, 0.3) is 0 Å². The molecular weight excluding hydrogens is 96.1 g/mol. The van der Waals surface area contributed by atoms with Crippen molar-refractivity contribution in [3.05, 3.63) is 0 Å². The molecule has 0 bridgehead atoms. The summed E-state index contributed by atoms with van der Waals surface area (Å²) >= 11 is 0. The van der Waals surface area contributed by atoms with Crippen molar-refractivity contribution in [3.63, 3.8) is 0 Å². The van der Waals surface area contributed by atoms with Crippen LogP contribution in [-0.2, 0) is 0 Å². The van der Waals surface area contributed by atoms with Gasteiger partial charge < -0.3 is 0 Å². The van der Waals surface area contributed by atoms with Crippen molar-refractivity contribution in [3.8, 4) is 0 Å². The van der Waals surface area contributed by atoms with E-state index in [1.165, 1.54) is 12.8 Å². The Morgan fingerprint density at radius 2 is 1.25 bits per heavy atom. The Bertz CT molecular complexity index is 66.1. The Morgan fingerprint density at radius 1 is 0.875 bits per heavy atom. The van der Waals surface area contributed by atoms with Gasteiger partial charge in [-0.05, 0) is 30.6 Å². The van der Waals surface area contributed by atoms with Crippen LogP contribution in [0.2, 0.25) is 0 Å². The van der Waals surface area contributed by atoms with Crippen molar-refractivity contribution in [2.45, 2.75) is 33.6 Å². The molecule has 0 aromatic rings. The molecule has 0 unspecified atom stereocenters. The molecule has 1 aliphatic rings. The van der Waals surface area contributed by atoms with Gasteiger partial charge in [-0.25, -0.2) is 0 Å². The van der Waals surface area contributed by atoms with E-state index < -0.39 is 0 Å². The summed E-state index contributed by atoms with van der Waals surface area (Å²) in [6.07, 6.45) is 2.92. The summed E-state index contributed by atoms with van der Waals surface area (Å²) < 4.78 is 0. The van der Waals surface area contributed by atoms with E-state index in [0.29, 0.717) is 0 Å². The maximum atomic E-state index is 2.37. The van der Waals surface area contributed by atoms with Crippen molar-refractivity contribution in [1.29, 1.82) is 0 Å². The minimum Gasteiger partial charge on any atom is -0.0625 e. The van der Waals surface area contributed by atoms with Gasteiger partial charge >= 0.3 is 0 Å². The smallest absolute Gasteiger partial charge is 0.0414 e. The van der Waals surface area contributed by atoms with Crippen molar-refractivity contribution >= 4 is 0 Å². The summed E-state index contributed by atoms with van der Waals surface area (Å²) in [5, 5.41) is 0. The van der Waals surface area contributed by atoms with Gasteiger partial charge in [0.15, 0.2) is 0 Å². The summed E-state index contributed by atoms with van der Waals surface area (Å²) in [6, 6.07) is 0. The Kier molecular flexibility index (Phi) is 1.59. The molecule has 0 aromatic heterocycles. The van der Waals surface area contributed by atoms with Crippen LogP contribution in [0.5, 0.6) is 0 Å². The minimum atomic E-state index is 0.991. The molecule has 0 heteroatoms. The highest BCUT2D eigenvalue weighted by Gasteiger charge is 2.24. The number of hydrogen-bond acceptors (Lipinski definition) is 0. The number of hydrogen-bond donors (Lipinski definition) is 0. The van der Waals surface area contributed by atoms with Crippen LogP contribution < -0.4 is 0 Å². The van der Waals surface area contributed by atoms with Crippen LogP contribution in [0.3, 0.4) is 0 Å². The standard InChI is InChI=1S/C8H16/c1-6-4-7(2)8(3)5-6/h6-8H,4-5H2,1-3H3/t7-,8-/m1/s1. The molecule has 1 fully saturated rings. The molecule has 8 heavy (non-hydrogen) atoms. The largest absolute Gasteiger partial charge is 0.0625 e. The van der Waals surface area contributed by atoms with Crippen LogP contribution in [0.15, 0.2) is 0 Å². The zero-order valence-electron chi connectivity index (χ0n) is 6.15. The van der Waals surface area contributed by atoms with E-state index in [4.69, 9.17) is 0 Å². The van der Waals surface area contributed by atoms with Gasteiger partial charge in [0.05, 0.1) is 0 Å². The van der Waals surface area contributed by atoms with E-state index in [2.05, 4.69) is 20.8 Å². The van der Waals surface area contributed by atoms with Crippen LogP contribution in [0.4, 0.5) is 0 Å². The molecule has 0 amide bonds. The zero-order chi connectivity index (χ0) is 6.15. The molecule has 2 atom stereocenters. The fourth-order valence-electron chi connectivity index (χ4n) is 1.83. The van der Waals surface area contributed by atoms with Gasteiger partial charge in [-0.2, -0.15) is 0 Å². The van der Waals surface area contributed by atoms with Crippen LogP contribution in [-0.4, -0.2) is 0 Å². The molecule has 0 aliphatic heterocycles. The van der Waals surface area contributed by atoms with Crippen molar-refractivity contribution < 1.29 is 0 Å². The highest BCUT2D eigenvalue weighted by Crippen LogP contribution is 2.34. The summed E-state index contributed by atoms with van der Waals surface area (Å²) in [7, 11) is 0. The van der Waals surface area contributed by atoms with Gasteiger partial charge in [-0.15, -0.1) is 0 Å². The first-order valence-corrected chi connectivity index (χ1v) is 3.70. The first-order valence-electron chi connectivity index (χ1n) is 3.70. The van der Waals surface area contributed by atoms with Gasteiger partial charge in [0.25, 0.3) is 0 Å². The Morgan fingerprint density at radius 3 is 1.38 bits per heavy atom. The fourth-order valence-corrected chi connectivity index (χ4v) is 1.83. The summed E-state index contributed by atoms with van der Waals surface area (Å²) in [6.45, 7) is 7.10. The lowest BCUT2D eigenvalue weighted by Gasteiger charge is -2.04. The summed E-state index contributed by atoms with van der Waals surface area (Å²) in [4.78, 5) is 0. The van der Waals surface area contributed by atoms with E-state index in [-0.39, 0.29) is 0 Å². The van der Waals surface area contributed by atoms with Crippen molar-refractivity contribution in [2.24, 2.45) is 17.8 Å². The van der Waals surface area contributed by atoms with Gasteiger partial charge in [0.1, 0.15) is 0 Å². The molecular formula is C8H16. The Hall–Kier alpha value is 0. The van der Waals surface area contributed by atoms with Crippen molar-refractivity contribution in [1.82, 2.24) is 0 Å².